The number of esters is 1. The lowest BCUT2D eigenvalue weighted by Crippen LogP contribution is -2.43. The number of hydrazine groups is 1. The van der Waals surface area contributed by atoms with E-state index in [-0.39, 0.29) is 23.1 Å². The van der Waals surface area contributed by atoms with E-state index in [1.54, 1.807) is 0 Å². The first kappa shape index (κ1) is 16.4. The molecule has 1 aromatic carbocycles. The second-order valence-electron chi connectivity index (χ2n) is 5.23. The first-order valence-electron chi connectivity index (χ1n) is 6.88. The van der Waals surface area contributed by atoms with Gasteiger partial charge >= 0.3 is 5.97 Å². The SMILES string of the molecule is C[C@H]1C[C@H]1C(=O)OCC(=O)NNC(=O)c1ccc([N+](=O)[O-])cc1. The highest BCUT2D eigenvalue weighted by atomic mass is 16.6. The Morgan fingerprint density at radius 2 is 1.87 bits per heavy atom. The van der Waals surface area contributed by atoms with Crippen molar-refractivity contribution in [2.45, 2.75) is 13.3 Å². The Labute approximate surface area is 131 Å². The van der Waals surface area contributed by atoms with Crippen LogP contribution in [0.3, 0.4) is 0 Å². The molecule has 23 heavy (non-hydrogen) atoms. The van der Waals surface area contributed by atoms with Crippen LogP contribution in [0.25, 0.3) is 0 Å². The molecule has 122 valence electrons. The van der Waals surface area contributed by atoms with E-state index in [0.29, 0.717) is 0 Å². The van der Waals surface area contributed by atoms with Crippen molar-refractivity contribution in [2.24, 2.45) is 11.8 Å². The molecule has 0 heterocycles. The number of nitrogens with one attached hydrogen (secondary N) is 2. The molecule has 1 aliphatic rings. The van der Waals surface area contributed by atoms with E-state index < -0.39 is 29.3 Å². The number of amides is 2. The molecule has 2 rings (SSSR count). The first-order chi connectivity index (χ1) is 10.9. The Balaban J connectivity index is 1.73. The van der Waals surface area contributed by atoms with Gasteiger partial charge in [0.15, 0.2) is 6.61 Å². The quantitative estimate of drug-likeness (QED) is 0.463. The van der Waals surface area contributed by atoms with Gasteiger partial charge in [-0.15, -0.1) is 0 Å². The summed E-state index contributed by atoms with van der Waals surface area (Å²) in [7, 11) is 0. The maximum absolute atomic E-state index is 11.7. The van der Waals surface area contributed by atoms with Crippen molar-refractivity contribution in [1.82, 2.24) is 10.9 Å². The molecule has 0 spiro atoms. The number of benzene rings is 1. The van der Waals surface area contributed by atoms with Crippen molar-refractivity contribution in [3.8, 4) is 0 Å². The lowest BCUT2D eigenvalue weighted by Gasteiger charge is -2.08. The van der Waals surface area contributed by atoms with Crippen LogP contribution in [0.5, 0.6) is 0 Å². The van der Waals surface area contributed by atoms with Gasteiger partial charge < -0.3 is 4.74 Å². The number of carbonyl (C=O) groups excluding carboxylic acids is 3. The zero-order valence-electron chi connectivity index (χ0n) is 12.3. The van der Waals surface area contributed by atoms with Gasteiger partial charge in [-0.3, -0.25) is 35.3 Å². The zero-order chi connectivity index (χ0) is 17.0. The van der Waals surface area contributed by atoms with E-state index in [0.717, 1.165) is 6.42 Å². The fourth-order valence-corrected chi connectivity index (χ4v) is 1.86. The highest BCUT2D eigenvalue weighted by Crippen LogP contribution is 2.38. The van der Waals surface area contributed by atoms with E-state index in [2.05, 4.69) is 10.9 Å². The number of hydrogen-bond acceptors (Lipinski definition) is 6. The largest absolute Gasteiger partial charge is 0.455 e. The topological polar surface area (TPSA) is 128 Å². The van der Waals surface area contributed by atoms with E-state index in [1.165, 1.54) is 24.3 Å². The number of nitro groups is 1. The maximum Gasteiger partial charge on any atom is 0.309 e. The van der Waals surface area contributed by atoms with Crippen LogP contribution in [0, 0.1) is 22.0 Å². The van der Waals surface area contributed by atoms with Crippen molar-refractivity contribution < 1.29 is 24.0 Å². The van der Waals surface area contributed by atoms with Gasteiger partial charge in [0.1, 0.15) is 0 Å². The monoisotopic (exact) mass is 321 g/mol. The average Bonchev–Trinajstić information content (AvgIpc) is 3.27. The summed E-state index contributed by atoms with van der Waals surface area (Å²) in [6, 6.07) is 4.87. The van der Waals surface area contributed by atoms with Crippen molar-refractivity contribution in [3.05, 3.63) is 39.9 Å². The van der Waals surface area contributed by atoms with Crippen LogP contribution in [-0.2, 0) is 14.3 Å². The molecule has 2 N–H and O–H groups in total. The Morgan fingerprint density at radius 1 is 1.26 bits per heavy atom. The predicted molar refractivity (Wildman–Crippen MR) is 76.9 cm³/mol. The van der Waals surface area contributed by atoms with Gasteiger partial charge in [0, 0.05) is 17.7 Å². The molecule has 0 aromatic heterocycles. The number of rotatable bonds is 5. The molecule has 9 heteroatoms. The molecule has 1 saturated carbocycles. The lowest BCUT2D eigenvalue weighted by molar-refractivity contribution is -0.384. The van der Waals surface area contributed by atoms with E-state index in [9.17, 15) is 24.5 Å². The smallest absolute Gasteiger partial charge is 0.309 e. The molecule has 0 radical (unpaired) electrons. The van der Waals surface area contributed by atoms with Crippen LogP contribution in [0.15, 0.2) is 24.3 Å². The molecule has 2 atom stereocenters. The third kappa shape index (κ3) is 4.50. The summed E-state index contributed by atoms with van der Waals surface area (Å²) in [6.45, 7) is 1.43. The Kier molecular flexibility index (Phi) is 4.89. The minimum atomic E-state index is -0.679. The molecule has 0 aliphatic heterocycles. The van der Waals surface area contributed by atoms with Crippen LogP contribution in [-0.4, -0.2) is 29.3 Å². The van der Waals surface area contributed by atoms with Gasteiger partial charge in [-0.25, -0.2) is 0 Å². The number of nitro benzene ring substituents is 1. The van der Waals surface area contributed by atoms with Crippen LogP contribution >= 0.6 is 0 Å². The van der Waals surface area contributed by atoms with Gasteiger partial charge in [0.05, 0.1) is 10.8 Å². The maximum atomic E-state index is 11.7. The van der Waals surface area contributed by atoms with Crippen LogP contribution in [0.1, 0.15) is 23.7 Å². The highest BCUT2D eigenvalue weighted by Gasteiger charge is 2.40. The Bertz CT molecular complexity index is 642. The summed E-state index contributed by atoms with van der Waals surface area (Å²) in [5.41, 5.74) is 4.21. The van der Waals surface area contributed by atoms with Gasteiger partial charge in [-0.2, -0.15) is 0 Å². The van der Waals surface area contributed by atoms with E-state index >= 15 is 0 Å². The summed E-state index contributed by atoms with van der Waals surface area (Å²) in [5, 5.41) is 10.5. The second-order valence-corrected chi connectivity index (χ2v) is 5.23. The fourth-order valence-electron chi connectivity index (χ4n) is 1.86. The number of hydrogen-bond donors (Lipinski definition) is 2. The van der Waals surface area contributed by atoms with Gasteiger partial charge in [-0.05, 0) is 24.5 Å². The van der Waals surface area contributed by atoms with Crippen molar-refractivity contribution in [2.75, 3.05) is 6.61 Å². The third-order valence-corrected chi connectivity index (χ3v) is 3.41. The Morgan fingerprint density at radius 3 is 2.39 bits per heavy atom. The van der Waals surface area contributed by atoms with Crippen molar-refractivity contribution >= 4 is 23.5 Å². The molecular formula is C14H15N3O6. The molecule has 0 saturated heterocycles. The second kappa shape index (κ2) is 6.86. The molecule has 1 fully saturated rings. The minimum Gasteiger partial charge on any atom is -0.455 e. The number of ether oxygens (including phenoxy) is 1. The number of carbonyl (C=O) groups is 3. The van der Waals surface area contributed by atoms with Gasteiger partial charge in [0.2, 0.25) is 0 Å². The lowest BCUT2D eigenvalue weighted by atomic mass is 10.2. The van der Waals surface area contributed by atoms with Crippen LogP contribution in [0.4, 0.5) is 5.69 Å². The molecular weight excluding hydrogens is 306 g/mol. The van der Waals surface area contributed by atoms with Crippen LogP contribution < -0.4 is 10.9 Å². The molecule has 1 aliphatic carbocycles. The normalized spacial score (nSPS) is 18.7. The summed E-state index contributed by atoms with van der Waals surface area (Å²) in [6.07, 6.45) is 0.761. The zero-order valence-corrected chi connectivity index (χ0v) is 12.3. The summed E-state index contributed by atoms with van der Waals surface area (Å²) >= 11 is 0. The molecule has 2 amide bonds. The van der Waals surface area contributed by atoms with Gasteiger partial charge in [-0.1, -0.05) is 6.92 Å². The average molecular weight is 321 g/mol. The predicted octanol–water partition coefficient (Wildman–Crippen LogP) is 0.555. The van der Waals surface area contributed by atoms with Crippen molar-refractivity contribution in [3.63, 3.8) is 0 Å². The van der Waals surface area contributed by atoms with Gasteiger partial charge in [0.25, 0.3) is 17.5 Å². The highest BCUT2D eigenvalue weighted by molar-refractivity contribution is 5.95. The molecule has 0 bridgehead atoms. The summed E-state index contributed by atoms with van der Waals surface area (Å²) in [4.78, 5) is 44.5. The first-order valence-corrected chi connectivity index (χ1v) is 6.88. The Hall–Kier alpha value is -2.97. The molecule has 0 unspecified atom stereocenters. The summed E-state index contributed by atoms with van der Waals surface area (Å²) in [5.74, 6) is -1.60. The third-order valence-electron chi connectivity index (χ3n) is 3.41. The molecule has 9 nitrogen and oxygen atoms in total. The van der Waals surface area contributed by atoms with E-state index in [4.69, 9.17) is 4.74 Å². The van der Waals surface area contributed by atoms with Crippen molar-refractivity contribution in [1.29, 1.82) is 0 Å². The fraction of sp³-hybridized carbons (Fsp3) is 0.357. The van der Waals surface area contributed by atoms with Crippen LogP contribution in [0.2, 0.25) is 0 Å². The molecule has 1 aromatic rings. The minimum absolute atomic E-state index is 0.139. The van der Waals surface area contributed by atoms with E-state index in [1.807, 2.05) is 6.92 Å². The standard InChI is InChI=1S/C14H15N3O6/c1-8-6-11(8)14(20)23-7-12(18)15-16-13(19)9-2-4-10(5-3-9)17(21)22/h2-5,8,11H,6-7H2,1H3,(H,15,18)(H,16,19)/t8-,11+/m0/s1. The number of non-ortho nitro benzene ring substituents is 1. The number of nitrogens with zero attached hydrogens (tertiary/aromatic N) is 1. The summed E-state index contributed by atoms with van der Waals surface area (Å²) < 4.78 is 4.80.